The molecule has 1 rings (SSSR count). The van der Waals surface area contributed by atoms with Gasteiger partial charge in [-0.3, -0.25) is 9.48 Å². The molecule has 1 atom stereocenters. The molecule has 3 N–H and O–H groups in total. The Morgan fingerprint density at radius 2 is 2.22 bits per heavy atom. The number of esters is 1. The number of nitrogen functional groups attached to an aromatic ring is 1. The molecule has 18 heavy (non-hydrogen) atoms. The molecule has 0 aliphatic heterocycles. The average molecular weight is 254 g/mol. The number of hydrogen-bond acceptors (Lipinski definition) is 5. The number of amides is 1. The third-order valence-electron chi connectivity index (χ3n) is 2.37. The molecule has 0 bridgehead atoms. The first-order chi connectivity index (χ1) is 8.51. The fourth-order valence-electron chi connectivity index (χ4n) is 1.48. The van der Waals surface area contributed by atoms with Crippen LogP contribution in [0.5, 0.6) is 0 Å². The quantitative estimate of drug-likeness (QED) is 0.729. The first-order valence-electron chi connectivity index (χ1n) is 5.80. The normalized spacial score (nSPS) is 11.9. The highest BCUT2D eigenvalue weighted by molar-refractivity contribution is 5.99. The highest BCUT2D eigenvalue weighted by Gasteiger charge is 2.21. The first-order valence-corrected chi connectivity index (χ1v) is 5.80. The second kappa shape index (κ2) is 6.04. The van der Waals surface area contributed by atoms with Crippen LogP contribution in [0.15, 0.2) is 6.20 Å². The first kappa shape index (κ1) is 14.0. The summed E-state index contributed by atoms with van der Waals surface area (Å²) in [5.74, 6) is -0.917. The number of ether oxygens (including phenoxy) is 1. The van der Waals surface area contributed by atoms with Gasteiger partial charge in [-0.15, -0.1) is 0 Å². The van der Waals surface area contributed by atoms with Crippen molar-refractivity contribution in [2.24, 2.45) is 0 Å². The zero-order chi connectivity index (χ0) is 13.7. The summed E-state index contributed by atoms with van der Waals surface area (Å²) in [5.41, 5.74) is 6.21. The molecule has 1 aromatic heterocycles. The van der Waals surface area contributed by atoms with Crippen molar-refractivity contribution in [2.75, 3.05) is 12.3 Å². The molecule has 0 aromatic carbocycles. The predicted octanol–water partition coefficient (Wildman–Crippen LogP) is 0.167. The molecule has 7 nitrogen and oxygen atoms in total. The van der Waals surface area contributed by atoms with Gasteiger partial charge in [-0.25, -0.2) is 4.79 Å². The Hall–Kier alpha value is -2.05. The van der Waals surface area contributed by atoms with Crippen LogP contribution in [0, 0.1) is 0 Å². The van der Waals surface area contributed by atoms with Gasteiger partial charge in [0.25, 0.3) is 5.91 Å². The largest absolute Gasteiger partial charge is 0.464 e. The molecule has 1 aromatic rings. The second-order valence-corrected chi connectivity index (χ2v) is 3.71. The number of nitrogens with zero attached hydrogens (tertiary/aromatic N) is 2. The van der Waals surface area contributed by atoms with Crippen molar-refractivity contribution < 1.29 is 14.3 Å². The van der Waals surface area contributed by atoms with E-state index >= 15 is 0 Å². The smallest absolute Gasteiger partial charge is 0.328 e. The molecule has 1 amide bonds. The summed E-state index contributed by atoms with van der Waals surface area (Å²) >= 11 is 0. The summed E-state index contributed by atoms with van der Waals surface area (Å²) < 4.78 is 6.28. The lowest BCUT2D eigenvalue weighted by atomic mass is 10.3. The van der Waals surface area contributed by atoms with E-state index in [9.17, 15) is 9.59 Å². The monoisotopic (exact) mass is 254 g/mol. The number of rotatable bonds is 5. The Morgan fingerprint density at radius 1 is 1.56 bits per heavy atom. The maximum Gasteiger partial charge on any atom is 0.328 e. The van der Waals surface area contributed by atoms with E-state index in [1.807, 2.05) is 6.92 Å². The number of carbonyl (C=O) groups excluding carboxylic acids is 2. The van der Waals surface area contributed by atoms with Gasteiger partial charge < -0.3 is 15.8 Å². The zero-order valence-corrected chi connectivity index (χ0v) is 10.8. The fourth-order valence-corrected chi connectivity index (χ4v) is 1.48. The number of carbonyl (C=O) groups is 2. The molecule has 0 saturated heterocycles. The van der Waals surface area contributed by atoms with Crippen LogP contribution in [-0.4, -0.2) is 34.3 Å². The fraction of sp³-hybridized carbons (Fsp3) is 0.545. The Bertz CT molecular complexity index is 441. The molecule has 1 unspecified atom stereocenters. The zero-order valence-electron chi connectivity index (χ0n) is 10.8. The van der Waals surface area contributed by atoms with E-state index in [2.05, 4.69) is 10.4 Å². The summed E-state index contributed by atoms with van der Waals surface area (Å²) in [5, 5.41) is 6.49. The van der Waals surface area contributed by atoms with Gasteiger partial charge >= 0.3 is 5.97 Å². The topological polar surface area (TPSA) is 99.2 Å². The van der Waals surface area contributed by atoms with Crippen molar-refractivity contribution in [2.45, 2.75) is 33.4 Å². The average Bonchev–Trinajstić information content (AvgIpc) is 2.70. The molecule has 0 aliphatic carbocycles. The van der Waals surface area contributed by atoms with Crippen molar-refractivity contribution in [3.63, 3.8) is 0 Å². The minimum Gasteiger partial charge on any atom is -0.464 e. The van der Waals surface area contributed by atoms with E-state index in [0.29, 0.717) is 6.54 Å². The number of aryl methyl sites for hydroxylation is 1. The maximum absolute atomic E-state index is 12.0. The van der Waals surface area contributed by atoms with Crippen molar-refractivity contribution in [3.8, 4) is 0 Å². The number of anilines is 1. The Labute approximate surface area is 105 Å². The van der Waals surface area contributed by atoms with Crippen LogP contribution in [0.2, 0.25) is 0 Å². The van der Waals surface area contributed by atoms with Gasteiger partial charge in [0.1, 0.15) is 11.7 Å². The van der Waals surface area contributed by atoms with Gasteiger partial charge in [0.05, 0.1) is 18.5 Å². The molecule has 0 radical (unpaired) electrons. The lowest BCUT2D eigenvalue weighted by Crippen LogP contribution is -2.40. The highest BCUT2D eigenvalue weighted by atomic mass is 16.5. The van der Waals surface area contributed by atoms with Gasteiger partial charge in [0.2, 0.25) is 0 Å². The number of nitrogens with one attached hydrogen (secondary N) is 1. The van der Waals surface area contributed by atoms with Gasteiger partial charge in [0.15, 0.2) is 0 Å². The minimum atomic E-state index is -0.725. The Morgan fingerprint density at radius 3 is 2.78 bits per heavy atom. The third-order valence-corrected chi connectivity index (χ3v) is 2.37. The molecule has 100 valence electrons. The summed E-state index contributed by atoms with van der Waals surface area (Å²) in [7, 11) is 0. The van der Waals surface area contributed by atoms with Gasteiger partial charge in [0, 0.05) is 6.54 Å². The number of nitrogens with two attached hydrogens (primary N) is 1. The van der Waals surface area contributed by atoms with E-state index in [0.717, 1.165) is 0 Å². The lowest BCUT2D eigenvalue weighted by molar-refractivity contribution is -0.144. The van der Waals surface area contributed by atoms with Gasteiger partial charge in [-0.2, -0.15) is 5.10 Å². The summed E-state index contributed by atoms with van der Waals surface area (Å²) in [6.07, 6.45) is 1.41. The summed E-state index contributed by atoms with van der Waals surface area (Å²) in [4.78, 5) is 23.4. The third kappa shape index (κ3) is 2.99. The molecule has 7 heteroatoms. The summed E-state index contributed by atoms with van der Waals surface area (Å²) in [6.45, 7) is 5.90. The van der Waals surface area contributed by atoms with Gasteiger partial charge in [-0.1, -0.05) is 0 Å². The van der Waals surface area contributed by atoms with Crippen molar-refractivity contribution in [3.05, 3.63) is 11.9 Å². The molecular weight excluding hydrogens is 236 g/mol. The number of hydrogen-bond donors (Lipinski definition) is 2. The van der Waals surface area contributed by atoms with Crippen LogP contribution in [0.4, 0.5) is 5.69 Å². The highest BCUT2D eigenvalue weighted by Crippen LogP contribution is 2.10. The predicted molar refractivity (Wildman–Crippen MR) is 65.9 cm³/mol. The molecular formula is C11H18N4O3. The van der Waals surface area contributed by atoms with Crippen LogP contribution in [-0.2, 0) is 16.1 Å². The molecule has 0 fully saturated rings. The maximum atomic E-state index is 12.0. The van der Waals surface area contributed by atoms with Crippen molar-refractivity contribution in [1.29, 1.82) is 0 Å². The summed E-state index contributed by atoms with van der Waals surface area (Å²) in [6, 6.07) is -0.725. The molecule has 0 aliphatic rings. The second-order valence-electron chi connectivity index (χ2n) is 3.71. The van der Waals surface area contributed by atoms with Crippen molar-refractivity contribution in [1.82, 2.24) is 15.1 Å². The van der Waals surface area contributed by atoms with Gasteiger partial charge in [-0.05, 0) is 20.8 Å². The molecule has 0 saturated carbocycles. The molecule has 1 heterocycles. The molecule has 0 spiro atoms. The van der Waals surface area contributed by atoms with Crippen LogP contribution < -0.4 is 11.1 Å². The minimum absolute atomic E-state index is 0.258. The Balaban J connectivity index is 2.76. The Kier molecular flexibility index (Phi) is 4.70. The van der Waals surface area contributed by atoms with Crippen molar-refractivity contribution >= 4 is 17.6 Å². The van der Waals surface area contributed by atoms with E-state index in [1.54, 1.807) is 13.8 Å². The SMILES string of the molecule is CCOC(=O)C(C)NC(=O)c1c(N)cnn1CC. The standard InChI is InChI=1S/C11H18N4O3/c1-4-15-9(8(12)6-13-15)10(16)14-7(3)11(17)18-5-2/h6-7H,4-5,12H2,1-3H3,(H,14,16). The van der Waals surface area contributed by atoms with Crippen LogP contribution in [0.3, 0.4) is 0 Å². The van der Waals surface area contributed by atoms with E-state index < -0.39 is 17.9 Å². The van der Waals surface area contributed by atoms with E-state index in [-0.39, 0.29) is 18.0 Å². The van der Waals surface area contributed by atoms with E-state index in [4.69, 9.17) is 10.5 Å². The van der Waals surface area contributed by atoms with Crippen LogP contribution in [0.25, 0.3) is 0 Å². The number of aromatic nitrogens is 2. The lowest BCUT2D eigenvalue weighted by Gasteiger charge is -2.13. The van der Waals surface area contributed by atoms with E-state index in [1.165, 1.54) is 10.9 Å². The van der Waals surface area contributed by atoms with Crippen LogP contribution in [0.1, 0.15) is 31.3 Å². The van der Waals surface area contributed by atoms with Crippen LogP contribution >= 0.6 is 0 Å².